The molecule has 0 saturated heterocycles. The van der Waals surface area contributed by atoms with Gasteiger partial charge in [0, 0.05) is 13.7 Å². The summed E-state index contributed by atoms with van der Waals surface area (Å²) in [7, 11) is 3.16. The van der Waals surface area contributed by atoms with Crippen molar-refractivity contribution in [3.63, 3.8) is 0 Å². The molecule has 2 aromatic carbocycles. The van der Waals surface area contributed by atoms with Crippen LogP contribution < -0.4 is 20.1 Å². The van der Waals surface area contributed by atoms with Crippen LogP contribution in [-0.2, 0) is 32.6 Å². The highest BCUT2D eigenvalue weighted by Gasteiger charge is 2.25. The molecule has 37 heavy (non-hydrogen) atoms. The molecule has 0 aromatic heterocycles. The minimum atomic E-state index is -0.574. The highest BCUT2D eigenvalue weighted by Crippen LogP contribution is 2.28. The highest BCUT2D eigenvalue weighted by atomic mass is 32.1. The number of thiocarbonyl (C=S) groups is 1. The first-order chi connectivity index (χ1) is 17.3. The zero-order valence-corrected chi connectivity index (χ0v) is 24.2. The van der Waals surface area contributed by atoms with Crippen molar-refractivity contribution < 1.29 is 23.7 Å². The SMILES string of the molecule is COCOc1ccc(CNC(=S)NC(COC(=O)C(C)(C)C)Cc2ccc(C(C)(C)C)cc2)cc1OC. The Bertz CT molecular complexity index is 1030. The number of nitrogens with one attached hydrogen (secondary N) is 2. The molecular weight excluding hydrogens is 488 g/mol. The Hall–Kier alpha value is -2.84. The van der Waals surface area contributed by atoms with E-state index >= 15 is 0 Å². The predicted octanol–water partition coefficient (Wildman–Crippen LogP) is 5.14. The average molecular weight is 531 g/mol. The van der Waals surface area contributed by atoms with Crippen molar-refractivity contribution in [3.05, 3.63) is 59.2 Å². The Morgan fingerprint density at radius 3 is 2.16 bits per heavy atom. The fourth-order valence-electron chi connectivity index (χ4n) is 3.45. The van der Waals surface area contributed by atoms with Gasteiger partial charge in [0.05, 0.1) is 18.6 Å². The van der Waals surface area contributed by atoms with Gasteiger partial charge in [0.1, 0.15) is 6.61 Å². The van der Waals surface area contributed by atoms with Gasteiger partial charge in [0.15, 0.2) is 23.4 Å². The first-order valence-corrected chi connectivity index (χ1v) is 12.8. The number of hydrogen-bond acceptors (Lipinski definition) is 6. The monoisotopic (exact) mass is 530 g/mol. The summed E-state index contributed by atoms with van der Waals surface area (Å²) in [5, 5.41) is 7.03. The quantitative estimate of drug-likeness (QED) is 0.235. The van der Waals surface area contributed by atoms with Crippen molar-refractivity contribution in [3.8, 4) is 11.5 Å². The van der Waals surface area contributed by atoms with Crippen molar-refractivity contribution >= 4 is 23.3 Å². The van der Waals surface area contributed by atoms with Gasteiger partial charge in [-0.15, -0.1) is 0 Å². The third-order valence-electron chi connectivity index (χ3n) is 5.68. The number of rotatable bonds is 11. The zero-order valence-electron chi connectivity index (χ0n) is 23.4. The fraction of sp³-hybridized carbons (Fsp3) is 0.517. The molecule has 204 valence electrons. The molecule has 0 bridgehead atoms. The Morgan fingerprint density at radius 2 is 1.59 bits per heavy atom. The summed E-state index contributed by atoms with van der Waals surface area (Å²) < 4.78 is 21.5. The lowest BCUT2D eigenvalue weighted by molar-refractivity contribution is -0.153. The van der Waals surface area contributed by atoms with E-state index in [1.165, 1.54) is 5.56 Å². The van der Waals surface area contributed by atoms with Crippen molar-refractivity contribution in [2.24, 2.45) is 5.41 Å². The summed E-state index contributed by atoms with van der Waals surface area (Å²) in [6.07, 6.45) is 0.656. The van der Waals surface area contributed by atoms with Crippen LogP contribution in [0.25, 0.3) is 0 Å². The van der Waals surface area contributed by atoms with E-state index in [1.54, 1.807) is 14.2 Å². The topological polar surface area (TPSA) is 78.0 Å². The Labute approximate surface area is 227 Å². The Morgan fingerprint density at radius 1 is 0.946 bits per heavy atom. The maximum Gasteiger partial charge on any atom is 0.311 e. The summed E-state index contributed by atoms with van der Waals surface area (Å²) in [6, 6.07) is 14.0. The van der Waals surface area contributed by atoms with Crippen molar-refractivity contribution in [1.29, 1.82) is 0 Å². The minimum Gasteiger partial charge on any atom is -0.493 e. The molecule has 0 amide bonds. The molecule has 2 aromatic rings. The van der Waals surface area contributed by atoms with E-state index in [0.717, 1.165) is 11.1 Å². The number of carbonyl (C=O) groups is 1. The van der Waals surface area contributed by atoms with Crippen molar-refractivity contribution in [2.75, 3.05) is 27.6 Å². The molecular formula is C29H42N2O5S. The largest absolute Gasteiger partial charge is 0.493 e. The van der Waals surface area contributed by atoms with Crippen LogP contribution in [0.5, 0.6) is 11.5 Å². The van der Waals surface area contributed by atoms with Crippen molar-refractivity contribution in [1.82, 2.24) is 10.6 Å². The number of esters is 1. The van der Waals surface area contributed by atoms with E-state index in [-0.39, 0.29) is 30.8 Å². The lowest BCUT2D eigenvalue weighted by Crippen LogP contribution is -2.45. The summed E-state index contributed by atoms with van der Waals surface area (Å²) in [5.74, 6) is 0.969. The summed E-state index contributed by atoms with van der Waals surface area (Å²) in [4.78, 5) is 12.4. The number of benzene rings is 2. The molecule has 1 unspecified atom stereocenters. The van der Waals surface area contributed by atoms with E-state index < -0.39 is 5.41 Å². The lowest BCUT2D eigenvalue weighted by Gasteiger charge is -2.24. The van der Waals surface area contributed by atoms with Gasteiger partial charge in [0.25, 0.3) is 0 Å². The minimum absolute atomic E-state index is 0.0840. The van der Waals surface area contributed by atoms with Crippen LogP contribution in [0.3, 0.4) is 0 Å². The molecule has 0 aliphatic heterocycles. The second-order valence-corrected chi connectivity index (χ2v) is 11.5. The van der Waals surface area contributed by atoms with Gasteiger partial charge >= 0.3 is 5.97 Å². The molecule has 0 fully saturated rings. The normalized spacial score (nSPS) is 12.4. The second kappa shape index (κ2) is 13.6. The summed E-state index contributed by atoms with van der Waals surface area (Å²) in [5.41, 5.74) is 2.89. The van der Waals surface area contributed by atoms with Gasteiger partial charge < -0.3 is 29.6 Å². The molecule has 8 heteroatoms. The van der Waals surface area contributed by atoms with E-state index in [9.17, 15) is 4.79 Å². The first-order valence-electron chi connectivity index (χ1n) is 12.4. The van der Waals surface area contributed by atoms with Crippen LogP contribution in [0, 0.1) is 5.41 Å². The van der Waals surface area contributed by atoms with Gasteiger partial charge in [-0.1, -0.05) is 51.1 Å². The number of ether oxygens (including phenoxy) is 4. The number of methoxy groups -OCH3 is 2. The Balaban J connectivity index is 2.05. The molecule has 0 heterocycles. The van der Waals surface area contributed by atoms with E-state index in [4.69, 9.17) is 31.2 Å². The molecule has 0 radical (unpaired) electrons. The van der Waals surface area contributed by atoms with E-state index in [0.29, 0.717) is 29.6 Å². The molecule has 0 spiro atoms. The van der Waals surface area contributed by atoms with Crippen molar-refractivity contribution in [2.45, 2.75) is 66.0 Å². The molecule has 7 nitrogen and oxygen atoms in total. The van der Waals surface area contributed by atoms with Gasteiger partial charge in [-0.25, -0.2) is 0 Å². The van der Waals surface area contributed by atoms with Crippen LogP contribution >= 0.6 is 12.2 Å². The lowest BCUT2D eigenvalue weighted by atomic mass is 9.86. The summed E-state index contributed by atoms with van der Waals surface area (Å²) >= 11 is 5.58. The van der Waals surface area contributed by atoms with E-state index in [2.05, 4.69) is 55.7 Å². The fourth-order valence-corrected chi connectivity index (χ4v) is 3.69. The van der Waals surface area contributed by atoms with E-state index in [1.807, 2.05) is 39.0 Å². The van der Waals surface area contributed by atoms with Crippen LogP contribution in [-0.4, -0.2) is 44.7 Å². The molecule has 0 saturated carbocycles. The van der Waals surface area contributed by atoms with Crippen LogP contribution in [0.1, 0.15) is 58.2 Å². The highest BCUT2D eigenvalue weighted by molar-refractivity contribution is 7.80. The number of carbonyl (C=O) groups excluding carboxylic acids is 1. The smallest absolute Gasteiger partial charge is 0.311 e. The standard InChI is InChI=1S/C29H42N2O5S/c1-28(2,3)22-12-9-20(10-13-22)15-23(18-35-26(32)29(4,5)6)31-27(37)30-17-21-11-14-24(36-19-33-7)25(16-21)34-8/h9-14,16,23H,15,17-19H2,1-8H3,(H2,30,31,37). The number of hydrogen-bond donors (Lipinski definition) is 2. The maximum absolute atomic E-state index is 12.4. The molecule has 1 atom stereocenters. The molecule has 0 aliphatic carbocycles. The molecule has 0 aliphatic rings. The van der Waals surface area contributed by atoms with Crippen LogP contribution in [0.15, 0.2) is 42.5 Å². The van der Waals surface area contributed by atoms with Crippen LogP contribution in [0.2, 0.25) is 0 Å². The average Bonchev–Trinajstić information content (AvgIpc) is 2.83. The predicted molar refractivity (Wildman–Crippen MR) is 151 cm³/mol. The molecule has 2 N–H and O–H groups in total. The summed E-state index contributed by atoms with van der Waals surface area (Å²) in [6.45, 7) is 12.9. The zero-order chi connectivity index (χ0) is 27.6. The van der Waals surface area contributed by atoms with Gasteiger partial charge in [-0.2, -0.15) is 0 Å². The van der Waals surface area contributed by atoms with Gasteiger partial charge in [-0.05, 0) is 73.6 Å². The first kappa shape index (κ1) is 30.4. The third-order valence-corrected chi connectivity index (χ3v) is 5.94. The maximum atomic E-state index is 12.4. The van der Waals surface area contributed by atoms with Gasteiger partial charge in [-0.3, -0.25) is 4.79 Å². The van der Waals surface area contributed by atoms with Gasteiger partial charge in [0.2, 0.25) is 0 Å². The van der Waals surface area contributed by atoms with Crippen LogP contribution in [0.4, 0.5) is 0 Å². The molecule has 2 rings (SSSR count). The second-order valence-electron chi connectivity index (χ2n) is 11.1. The third kappa shape index (κ3) is 10.2. The Kier molecular flexibility index (Phi) is 11.2.